The van der Waals surface area contributed by atoms with E-state index in [4.69, 9.17) is 4.74 Å². The van der Waals surface area contributed by atoms with Crippen molar-refractivity contribution in [3.63, 3.8) is 0 Å². The Balaban J connectivity index is 0. The van der Waals surface area contributed by atoms with E-state index in [2.05, 4.69) is 15.6 Å². The molecule has 0 unspecified atom stereocenters. The van der Waals surface area contributed by atoms with Crippen LogP contribution in [-0.4, -0.2) is 70.0 Å². The van der Waals surface area contributed by atoms with E-state index in [1.165, 1.54) is 11.9 Å². The topological polar surface area (TPSA) is 48.9 Å². The summed E-state index contributed by atoms with van der Waals surface area (Å²) in [5.74, 6) is 0.692. The Labute approximate surface area is 154 Å². The van der Waals surface area contributed by atoms with Crippen LogP contribution in [0.5, 0.6) is 0 Å². The molecule has 0 aromatic heterocycles. The van der Waals surface area contributed by atoms with E-state index >= 15 is 0 Å². The first-order chi connectivity index (χ1) is 10.4. The lowest BCUT2D eigenvalue weighted by Gasteiger charge is -2.18. The highest BCUT2D eigenvalue weighted by Gasteiger charge is 2.28. The van der Waals surface area contributed by atoms with Crippen LogP contribution in [0.1, 0.15) is 26.7 Å². The number of guanidine groups is 1. The Morgan fingerprint density at radius 3 is 2.43 bits per heavy atom. The second-order valence-corrected chi connectivity index (χ2v) is 4.94. The predicted molar refractivity (Wildman–Crippen MR) is 98.7 cm³/mol. The first-order valence-electron chi connectivity index (χ1n) is 7.74. The van der Waals surface area contributed by atoms with Gasteiger partial charge in [0.2, 0.25) is 0 Å². The van der Waals surface area contributed by atoms with Gasteiger partial charge in [-0.15, -0.1) is 24.0 Å². The first-order valence-corrected chi connectivity index (χ1v) is 7.74. The van der Waals surface area contributed by atoms with Gasteiger partial charge in [-0.1, -0.05) is 0 Å². The highest BCUT2D eigenvalue weighted by atomic mass is 127. The van der Waals surface area contributed by atoms with Crippen LogP contribution in [0.2, 0.25) is 0 Å². The quantitative estimate of drug-likeness (QED) is 0.218. The van der Waals surface area contributed by atoms with Gasteiger partial charge in [0.15, 0.2) is 5.96 Å². The molecule has 0 aliphatic rings. The molecular formula is C14H30F3IN4O. The molecule has 2 N–H and O–H groups in total. The first kappa shape index (κ1) is 25.0. The minimum atomic E-state index is -4.14. The Morgan fingerprint density at radius 2 is 1.87 bits per heavy atom. The van der Waals surface area contributed by atoms with Crippen LogP contribution < -0.4 is 10.6 Å². The number of alkyl halides is 3. The number of rotatable bonds is 11. The third-order valence-electron chi connectivity index (χ3n) is 2.72. The fourth-order valence-electron chi connectivity index (χ4n) is 1.78. The van der Waals surface area contributed by atoms with Crippen molar-refractivity contribution in [2.75, 3.05) is 53.0 Å². The predicted octanol–water partition coefficient (Wildman–Crippen LogP) is 2.47. The number of ether oxygens (including phenoxy) is 1. The molecule has 0 radical (unpaired) electrons. The maximum atomic E-state index is 12.2. The summed E-state index contributed by atoms with van der Waals surface area (Å²) in [4.78, 5) is 5.65. The second kappa shape index (κ2) is 15.3. The lowest BCUT2D eigenvalue weighted by Crippen LogP contribution is -2.39. The number of halogens is 4. The Bertz CT molecular complexity index is 304. The molecule has 9 heteroatoms. The van der Waals surface area contributed by atoms with Crippen LogP contribution in [0.25, 0.3) is 0 Å². The van der Waals surface area contributed by atoms with Crippen molar-refractivity contribution in [1.29, 1.82) is 0 Å². The summed E-state index contributed by atoms with van der Waals surface area (Å²) in [6.07, 6.45) is -2.67. The number of nitrogens with one attached hydrogen (secondary N) is 2. The fourth-order valence-corrected chi connectivity index (χ4v) is 1.78. The Hall–Kier alpha value is -0.290. The van der Waals surface area contributed by atoms with Crippen molar-refractivity contribution < 1.29 is 17.9 Å². The molecule has 0 saturated carbocycles. The summed E-state index contributed by atoms with van der Waals surface area (Å²) in [7, 11) is 1.47. The highest BCUT2D eigenvalue weighted by Crippen LogP contribution is 2.15. The van der Waals surface area contributed by atoms with Crippen LogP contribution in [0.3, 0.4) is 0 Å². The van der Waals surface area contributed by atoms with Crippen molar-refractivity contribution in [3.8, 4) is 0 Å². The molecular weight excluding hydrogens is 424 g/mol. The molecule has 0 aliphatic carbocycles. The Morgan fingerprint density at radius 1 is 1.17 bits per heavy atom. The summed E-state index contributed by atoms with van der Waals surface area (Å²) >= 11 is 0. The van der Waals surface area contributed by atoms with Crippen molar-refractivity contribution in [3.05, 3.63) is 0 Å². The number of aliphatic imine (C=N–C) groups is 1. The minimum absolute atomic E-state index is 0. The van der Waals surface area contributed by atoms with Gasteiger partial charge in [-0.3, -0.25) is 9.89 Å². The van der Waals surface area contributed by atoms with Crippen molar-refractivity contribution in [2.24, 2.45) is 4.99 Å². The van der Waals surface area contributed by atoms with Crippen molar-refractivity contribution >= 4 is 29.9 Å². The van der Waals surface area contributed by atoms with E-state index in [-0.39, 0.29) is 24.0 Å². The minimum Gasteiger partial charge on any atom is -0.382 e. The second-order valence-electron chi connectivity index (χ2n) is 4.94. The average molecular weight is 454 g/mol. The third-order valence-corrected chi connectivity index (χ3v) is 2.72. The van der Waals surface area contributed by atoms with Crippen LogP contribution in [0, 0.1) is 0 Å². The smallest absolute Gasteiger partial charge is 0.382 e. The highest BCUT2D eigenvalue weighted by molar-refractivity contribution is 14.0. The van der Waals surface area contributed by atoms with E-state index in [1.54, 1.807) is 0 Å². The molecule has 0 aromatic rings. The summed E-state index contributed by atoms with van der Waals surface area (Å²) in [5.41, 5.74) is 0. The molecule has 23 heavy (non-hydrogen) atoms. The SMILES string of the molecule is CCNC(=NCCCOCC)NCCCN(C)CC(F)(F)F.I. The van der Waals surface area contributed by atoms with E-state index < -0.39 is 12.7 Å². The zero-order chi connectivity index (χ0) is 16.8. The van der Waals surface area contributed by atoms with Gasteiger partial charge in [-0.05, 0) is 40.3 Å². The lowest BCUT2D eigenvalue weighted by molar-refractivity contribution is -0.143. The summed E-state index contributed by atoms with van der Waals surface area (Å²) < 4.78 is 41.8. The molecule has 0 rings (SSSR count). The summed E-state index contributed by atoms with van der Waals surface area (Å²) in [5, 5.41) is 6.22. The normalized spacial score (nSPS) is 12.2. The number of hydrogen-bond donors (Lipinski definition) is 2. The van der Waals surface area contributed by atoms with E-state index in [9.17, 15) is 13.2 Å². The molecule has 0 fully saturated rings. The molecule has 0 bridgehead atoms. The van der Waals surface area contributed by atoms with Crippen LogP contribution in [-0.2, 0) is 4.74 Å². The maximum Gasteiger partial charge on any atom is 0.401 e. The lowest BCUT2D eigenvalue weighted by atomic mass is 10.4. The van der Waals surface area contributed by atoms with Gasteiger partial charge in [0, 0.05) is 32.8 Å². The van der Waals surface area contributed by atoms with Crippen molar-refractivity contribution in [2.45, 2.75) is 32.9 Å². The zero-order valence-corrected chi connectivity index (χ0v) is 16.5. The van der Waals surface area contributed by atoms with Crippen molar-refractivity contribution in [1.82, 2.24) is 15.5 Å². The molecule has 0 heterocycles. The molecule has 5 nitrogen and oxygen atoms in total. The average Bonchev–Trinajstić information content (AvgIpc) is 2.41. The van der Waals surface area contributed by atoms with E-state index in [1.807, 2.05) is 13.8 Å². The van der Waals surface area contributed by atoms with Gasteiger partial charge >= 0.3 is 6.18 Å². The van der Waals surface area contributed by atoms with Gasteiger partial charge in [0.05, 0.1) is 6.54 Å². The van der Waals surface area contributed by atoms with Gasteiger partial charge in [0.25, 0.3) is 0 Å². The molecule has 140 valence electrons. The van der Waals surface area contributed by atoms with Crippen LogP contribution in [0.15, 0.2) is 4.99 Å². The van der Waals surface area contributed by atoms with E-state index in [0.717, 1.165) is 13.0 Å². The molecule has 0 saturated heterocycles. The third kappa shape index (κ3) is 17.9. The Kier molecular flexibility index (Phi) is 16.5. The van der Waals surface area contributed by atoms with Gasteiger partial charge in [0.1, 0.15) is 0 Å². The summed E-state index contributed by atoms with van der Waals surface area (Å²) in [6.45, 7) is 6.79. The molecule has 0 spiro atoms. The van der Waals surface area contributed by atoms with E-state index in [0.29, 0.717) is 45.2 Å². The standard InChI is InChI=1S/C14H29F3N4O.HI/c1-4-18-13(20-9-7-11-22-5-2)19-8-6-10-21(3)12-14(15,16)17;/h4-12H2,1-3H3,(H2,18,19,20);1H. The maximum absolute atomic E-state index is 12.2. The monoisotopic (exact) mass is 454 g/mol. The summed E-state index contributed by atoms with van der Waals surface area (Å²) in [6, 6.07) is 0. The van der Waals surface area contributed by atoms with Gasteiger partial charge in [-0.25, -0.2) is 0 Å². The van der Waals surface area contributed by atoms with Crippen LogP contribution >= 0.6 is 24.0 Å². The molecule has 0 amide bonds. The number of hydrogen-bond acceptors (Lipinski definition) is 3. The van der Waals surface area contributed by atoms with Crippen LogP contribution in [0.4, 0.5) is 13.2 Å². The molecule has 0 atom stereocenters. The van der Waals surface area contributed by atoms with Gasteiger partial charge in [-0.2, -0.15) is 13.2 Å². The largest absolute Gasteiger partial charge is 0.401 e. The zero-order valence-electron chi connectivity index (χ0n) is 14.2. The molecule has 0 aromatic carbocycles. The van der Waals surface area contributed by atoms with Gasteiger partial charge < -0.3 is 15.4 Å². The molecule has 0 aliphatic heterocycles. The number of nitrogens with zero attached hydrogens (tertiary/aromatic N) is 2. The fraction of sp³-hybridized carbons (Fsp3) is 0.929.